The lowest BCUT2D eigenvalue weighted by molar-refractivity contribution is 1.31. The standard InChI is InChI=1S/C11H7Cl2N.C11H11N3.C5H2Cl2IN.3CH4.HI/c2*12-10-7-6-9(11(13)14-10)8-4-2-1-3-5-8;6-4-2-1-3(8)5(7)9-4;;;;/h1-7H;1-7H,(H4,12,13,14);1-2H;3*1H4;1H. The molecule has 0 amide bonds. The van der Waals surface area contributed by atoms with Crippen LogP contribution in [0.2, 0.25) is 20.6 Å². The van der Waals surface area contributed by atoms with Crippen LogP contribution in [0.15, 0.2) is 97.1 Å². The highest BCUT2D eigenvalue weighted by atomic mass is 127. The molecule has 5 aromatic rings. The molecule has 11 heteroatoms. The van der Waals surface area contributed by atoms with Crippen molar-refractivity contribution >= 4 is 105 Å². The van der Waals surface area contributed by atoms with Gasteiger partial charge in [0.05, 0.1) is 3.57 Å². The lowest BCUT2D eigenvalue weighted by Gasteiger charge is -2.04. The highest BCUT2D eigenvalue weighted by Crippen LogP contribution is 2.27. The average molecular weight is 859 g/mol. The van der Waals surface area contributed by atoms with Gasteiger partial charge in [-0.2, -0.15) is 0 Å². The van der Waals surface area contributed by atoms with Gasteiger partial charge in [-0.05, 0) is 70.1 Å². The molecule has 0 bridgehead atoms. The second kappa shape index (κ2) is 20.9. The monoisotopic (exact) mass is 857 g/mol. The topological polar surface area (TPSA) is 90.7 Å². The first-order valence-electron chi connectivity index (χ1n) is 10.7. The quantitative estimate of drug-likeness (QED) is 0.136. The lowest BCUT2D eigenvalue weighted by atomic mass is 10.1. The largest absolute Gasteiger partial charge is 0.384 e. The van der Waals surface area contributed by atoms with E-state index < -0.39 is 0 Å². The first-order chi connectivity index (χ1) is 17.7. The van der Waals surface area contributed by atoms with Crippen LogP contribution in [0.25, 0.3) is 22.3 Å². The van der Waals surface area contributed by atoms with Crippen LogP contribution in [-0.4, -0.2) is 15.0 Å². The summed E-state index contributed by atoms with van der Waals surface area (Å²) in [5, 5.41) is 1.74. The lowest BCUT2D eigenvalue weighted by Crippen LogP contribution is -1.97. The van der Waals surface area contributed by atoms with Crippen LogP contribution in [0.3, 0.4) is 0 Å². The molecule has 0 aliphatic rings. The first kappa shape index (κ1) is 41.2. The molecule has 2 aromatic carbocycles. The van der Waals surface area contributed by atoms with Crippen LogP contribution in [0, 0.1) is 3.57 Å². The molecule has 5 nitrogen and oxygen atoms in total. The minimum absolute atomic E-state index is 0. The zero-order valence-corrected chi connectivity index (χ0v) is 27.0. The van der Waals surface area contributed by atoms with Crippen LogP contribution in [0.1, 0.15) is 22.3 Å². The average Bonchev–Trinajstić information content (AvgIpc) is 2.88. The van der Waals surface area contributed by atoms with E-state index in [0.717, 1.165) is 25.8 Å². The van der Waals surface area contributed by atoms with E-state index in [-0.39, 0.29) is 46.3 Å². The van der Waals surface area contributed by atoms with Crippen molar-refractivity contribution in [3.05, 3.63) is 121 Å². The highest BCUT2D eigenvalue weighted by molar-refractivity contribution is 14.1. The fourth-order valence-corrected chi connectivity index (χ4v) is 4.09. The van der Waals surface area contributed by atoms with Gasteiger partial charge in [0, 0.05) is 11.1 Å². The minimum atomic E-state index is 0. The Hall–Kier alpha value is -1.89. The molecule has 3 aromatic heterocycles. The minimum Gasteiger partial charge on any atom is -0.384 e. The summed E-state index contributed by atoms with van der Waals surface area (Å²) in [5.41, 5.74) is 15.2. The van der Waals surface area contributed by atoms with Crippen LogP contribution in [0.5, 0.6) is 0 Å². The Bertz CT molecular complexity index is 1370. The van der Waals surface area contributed by atoms with E-state index in [1.54, 1.807) is 18.2 Å². The van der Waals surface area contributed by atoms with Crippen LogP contribution in [0.4, 0.5) is 11.6 Å². The van der Waals surface area contributed by atoms with Gasteiger partial charge < -0.3 is 11.5 Å². The summed E-state index contributed by atoms with van der Waals surface area (Å²) in [4.78, 5) is 11.8. The Balaban J connectivity index is 0. The molecule has 0 radical (unpaired) electrons. The molecule has 0 aliphatic heterocycles. The Labute approximate surface area is 294 Å². The molecule has 0 aliphatic carbocycles. The van der Waals surface area contributed by atoms with E-state index in [9.17, 15) is 0 Å². The predicted molar refractivity (Wildman–Crippen MR) is 201 cm³/mol. The molecule has 0 spiro atoms. The van der Waals surface area contributed by atoms with Gasteiger partial charge in [-0.3, -0.25) is 0 Å². The van der Waals surface area contributed by atoms with Gasteiger partial charge in [0.1, 0.15) is 32.2 Å². The van der Waals surface area contributed by atoms with Gasteiger partial charge in [-0.25, -0.2) is 15.0 Å². The van der Waals surface area contributed by atoms with Crippen molar-refractivity contribution in [3.63, 3.8) is 0 Å². The Morgan fingerprint density at radius 1 is 0.512 bits per heavy atom. The zero-order chi connectivity index (χ0) is 26.8. The Morgan fingerprint density at radius 3 is 1.39 bits per heavy atom. The fraction of sp³-hybridized carbons (Fsp3) is 0.100. The second-order valence-electron chi connectivity index (χ2n) is 7.28. The molecular formula is C30H33Cl4I2N5. The molecule has 41 heavy (non-hydrogen) atoms. The molecule has 0 fully saturated rings. The van der Waals surface area contributed by atoms with Gasteiger partial charge in [0.15, 0.2) is 0 Å². The fourth-order valence-electron chi connectivity index (χ4n) is 2.99. The predicted octanol–water partition coefficient (Wildman–Crippen LogP) is 11.5. The number of hydrogen-bond acceptors (Lipinski definition) is 5. The number of aromatic nitrogens is 3. The summed E-state index contributed by atoms with van der Waals surface area (Å²) < 4.78 is 0.915. The molecule has 5 rings (SSSR count). The van der Waals surface area contributed by atoms with Gasteiger partial charge >= 0.3 is 0 Å². The smallest absolute Gasteiger partial charge is 0.144 e. The van der Waals surface area contributed by atoms with E-state index in [1.807, 2.05) is 78.9 Å². The molecular weight excluding hydrogens is 826 g/mol. The summed E-state index contributed by atoms with van der Waals surface area (Å²) >= 11 is 24.9. The first-order valence-corrected chi connectivity index (χ1v) is 13.3. The number of rotatable bonds is 2. The zero-order valence-electron chi connectivity index (χ0n) is 19.5. The highest BCUT2D eigenvalue weighted by Gasteiger charge is 2.04. The maximum atomic E-state index is 5.97. The van der Waals surface area contributed by atoms with Crippen LogP contribution >= 0.6 is 93.0 Å². The molecule has 0 saturated heterocycles. The van der Waals surface area contributed by atoms with E-state index in [4.69, 9.17) is 57.9 Å². The summed E-state index contributed by atoms with van der Waals surface area (Å²) in [6, 6.07) is 30.5. The van der Waals surface area contributed by atoms with Gasteiger partial charge in [-0.1, -0.05) is 129 Å². The summed E-state index contributed by atoms with van der Waals surface area (Å²) in [5.74, 6) is 0.915. The number of pyridine rings is 3. The van der Waals surface area contributed by atoms with Crippen molar-refractivity contribution in [1.29, 1.82) is 0 Å². The third kappa shape index (κ3) is 13.3. The molecule has 0 unspecified atom stereocenters. The van der Waals surface area contributed by atoms with Gasteiger partial charge in [0.2, 0.25) is 0 Å². The number of nitrogen functional groups attached to an aromatic ring is 2. The molecule has 220 valence electrons. The van der Waals surface area contributed by atoms with Gasteiger partial charge in [0.25, 0.3) is 0 Å². The molecule has 4 N–H and O–H groups in total. The van der Waals surface area contributed by atoms with Crippen molar-refractivity contribution in [1.82, 2.24) is 15.0 Å². The molecule has 0 saturated carbocycles. The van der Waals surface area contributed by atoms with Crippen LogP contribution in [-0.2, 0) is 0 Å². The molecule has 3 heterocycles. The van der Waals surface area contributed by atoms with E-state index in [0.29, 0.717) is 32.2 Å². The second-order valence-corrected chi connectivity index (χ2v) is 9.93. The van der Waals surface area contributed by atoms with Crippen molar-refractivity contribution in [2.24, 2.45) is 0 Å². The summed E-state index contributed by atoms with van der Waals surface area (Å²) in [6.07, 6.45) is 0. The maximum Gasteiger partial charge on any atom is 0.144 e. The van der Waals surface area contributed by atoms with Crippen molar-refractivity contribution in [3.8, 4) is 22.3 Å². The van der Waals surface area contributed by atoms with Gasteiger partial charge in [-0.15, -0.1) is 24.0 Å². The SMILES string of the molecule is C.C.C.Clc1ccc(-c2ccccc2)c(Cl)n1.Clc1ccc(I)c(Cl)n1.I.Nc1ccc(-c2ccccc2)c(N)n1. The normalized spacial score (nSPS) is 9.00. The van der Waals surface area contributed by atoms with Crippen molar-refractivity contribution in [2.45, 2.75) is 22.3 Å². The third-order valence-corrected chi connectivity index (χ3v) is 6.89. The number of halogens is 6. The van der Waals surface area contributed by atoms with E-state index in [1.165, 1.54) is 0 Å². The molecule has 0 atom stereocenters. The summed E-state index contributed by atoms with van der Waals surface area (Å²) in [6.45, 7) is 0. The number of nitrogens with zero attached hydrogens (tertiary/aromatic N) is 3. The number of hydrogen-bond donors (Lipinski definition) is 2. The maximum absolute atomic E-state index is 5.97. The van der Waals surface area contributed by atoms with Crippen molar-refractivity contribution in [2.75, 3.05) is 11.5 Å². The third-order valence-electron chi connectivity index (χ3n) is 4.70. The van der Waals surface area contributed by atoms with Crippen molar-refractivity contribution < 1.29 is 0 Å². The number of nitrogens with two attached hydrogens (primary N) is 2. The van der Waals surface area contributed by atoms with Crippen LogP contribution < -0.4 is 11.5 Å². The van der Waals surface area contributed by atoms with E-state index >= 15 is 0 Å². The Morgan fingerprint density at radius 2 is 0.951 bits per heavy atom. The summed E-state index contributed by atoms with van der Waals surface area (Å²) in [7, 11) is 0. The van der Waals surface area contributed by atoms with E-state index in [2.05, 4.69) is 37.5 Å². The Kier molecular flexibility index (Phi) is 21.0. The number of anilines is 2. The number of benzene rings is 2.